The van der Waals surface area contributed by atoms with Crippen LogP contribution in [0, 0.1) is 0 Å². The Morgan fingerprint density at radius 2 is 2.33 bits per heavy atom. The summed E-state index contributed by atoms with van der Waals surface area (Å²) in [6, 6.07) is 0. The molecule has 0 fully saturated rings. The SMILES string of the molecule is COC(=O)c1nn(-c2nc[nH]c(=O)c2Br)cc1N. The number of hydrogen-bond donors (Lipinski definition) is 2. The van der Waals surface area contributed by atoms with E-state index in [1.807, 2.05) is 0 Å². The number of halogens is 1. The zero-order chi connectivity index (χ0) is 13.3. The minimum atomic E-state index is -0.660. The Hall–Kier alpha value is -2.16. The number of nitrogens with one attached hydrogen (secondary N) is 1. The number of rotatable bonds is 2. The molecule has 9 heteroatoms. The quantitative estimate of drug-likeness (QED) is 0.759. The third-order valence-corrected chi connectivity index (χ3v) is 2.83. The average Bonchev–Trinajstić information content (AvgIpc) is 2.73. The van der Waals surface area contributed by atoms with Crippen LogP contribution in [-0.2, 0) is 4.74 Å². The maximum Gasteiger partial charge on any atom is 0.360 e. The Kier molecular flexibility index (Phi) is 3.15. The number of aromatic amines is 1. The van der Waals surface area contributed by atoms with E-state index in [-0.39, 0.29) is 27.2 Å². The van der Waals surface area contributed by atoms with Gasteiger partial charge in [0.15, 0.2) is 11.5 Å². The molecule has 0 aliphatic rings. The summed E-state index contributed by atoms with van der Waals surface area (Å²) in [5.41, 5.74) is 5.36. The summed E-state index contributed by atoms with van der Waals surface area (Å²) in [6.45, 7) is 0. The Morgan fingerprint density at radius 1 is 1.61 bits per heavy atom. The fraction of sp³-hybridized carbons (Fsp3) is 0.111. The largest absolute Gasteiger partial charge is 0.464 e. The van der Waals surface area contributed by atoms with Crippen molar-refractivity contribution in [2.24, 2.45) is 0 Å². The van der Waals surface area contributed by atoms with Gasteiger partial charge < -0.3 is 15.5 Å². The lowest BCUT2D eigenvalue weighted by Crippen LogP contribution is -2.13. The molecule has 0 atom stereocenters. The van der Waals surface area contributed by atoms with Crippen molar-refractivity contribution in [1.29, 1.82) is 0 Å². The van der Waals surface area contributed by atoms with Gasteiger partial charge in [-0.25, -0.2) is 14.5 Å². The molecule has 0 unspecified atom stereocenters. The second-order valence-corrected chi connectivity index (χ2v) is 4.03. The smallest absolute Gasteiger partial charge is 0.360 e. The molecule has 0 aromatic carbocycles. The van der Waals surface area contributed by atoms with E-state index >= 15 is 0 Å². The molecule has 2 rings (SSSR count). The number of aromatic nitrogens is 4. The topological polar surface area (TPSA) is 116 Å². The van der Waals surface area contributed by atoms with Gasteiger partial charge in [0.05, 0.1) is 25.3 Å². The lowest BCUT2D eigenvalue weighted by atomic mass is 10.4. The summed E-state index contributed by atoms with van der Waals surface area (Å²) in [5.74, 6) is -0.437. The molecule has 0 spiro atoms. The highest BCUT2D eigenvalue weighted by Gasteiger charge is 2.18. The summed E-state index contributed by atoms with van der Waals surface area (Å²) in [7, 11) is 1.22. The number of esters is 1. The second kappa shape index (κ2) is 4.61. The van der Waals surface area contributed by atoms with Gasteiger partial charge in [-0.1, -0.05) is 0 Å². The second-order valence-electron chi connectivity index (χ2n) is 3.24. The van der Waals surface area contributed by atoms with Gasteiger partial charge in [0, 0.05) is 0 Å². The van der Waals surface area contributed by atoms with Gasteiger partial charge in [-0.2, -0.15) is 5.10 Å². The maximum absolute atomic E-state index is 11.4. The molecule has 3 N–H and O–H groups in total. The molecule has 0 aliphatic carbocycles. The van der Waals surface area contributed by atoms with Crippen molar-refractivity contribution < 1.29 is 9.53 Å². The van der Waals surface area contributed by atoms with Crippen molar-refractivity contribution in [2.75, 3.05) is 12.8 Å². The van der Waals surface area contributed by atoms with E-state index in [1.54, 1.807) is 0 Å². The third kappa shape index (κ3) is 1.99. The number of carbonyl (C=O) groups is 1. The van der Waals surface area contributed by atoms with Crippen molar-refractivity contribution in [3.05, 3.63) is 33.0 Å². The van der Waals surface area contributed by atoms with Gasteiger partial charge in [-0.15, -0.1) is 0 Å². The standard InChI is InChI=1S/C9H8BrN5O3/c1-18-9(17)6-4(11)2-15(14-6)7-5(10)8(16)13-3-12-7/h2-3H,11H2,1H3,(H,12,13,16). The molecule has 0 saturated heterocycles. The van der Waals surface area contributed by atoms with Crippen LogP contribution >= 0.6 is 15.9 Å². The van der Waals surface area contributed by atoms with Crippen molar-refractivity contribution in [3.8, 4) is 5.82 Å². The highest BCUT2D eigenvalue weighted by Crippen LogP contribution is 2.17. The summed E-state index contributed by atoms with van der Waals surface area (Å²) in [6.07, 6.45) is 2.59. The van der Waals surface area contributed by atoms with Crippen LogP contribution in [0.3, 0.4) is 0 Å². The number of nitrogen functional groups attached to an aromatic ring is 1. The zero-order valence-corrected chi connectivity index (χ0v) is 10.8. The van der Waals surface area contributed by atoms with Gasteiger partial charge in [-0.3, -0.25) is 4.79 Å². The van der Waals surface area contributed by atoms with Gasteiger partial charge in [0.1, 0.15) is 4.47 Å². The number of nitrogens with zero attached hydrogens (tertiary/aromatic N) is 3. The van der Waals surface area contributed by atoms with Crippen molar-refractivity contribution in [1.82, 2.24) is 19.7 Å². The van der Waals surface area contributed by atoms with E-state index in [0.29, 0.717) is 0 Å². The molecule has 0 amide bonds. The molecule has 94 valence electrons. The van der Waals surface area contributed by atoms with E-state index in [4.69, 9.17) is 5.73 Å². The average molecular weight is 314 g/mol. The Morgan fingerprint density at radius 3 is 3.00 bits per heavy atom. The highest BCUT2D eigenvalue weighted by molar-refractivity contribution is 9.10. The molecular weight excluding hydrogens is 306 g/mol. The molecule has 2 aromatic heterocycles. The first kappa shape index (κ1) is 12.3. The summed E-state index contributed by atoms with van der Waals surface area (Å²) in [5, 5.41) is 3.92. The highest BCUT2D eigenvalue weighted by atomic mass is 79.9. The van der Waals surface area contributed by atoms with E-state index in [9.17, 15) is 9.59 Å². The molecule has 8 nitrogen and oxygen atoms in total. The first-order valence-corrected chi connectivity index (χ1v) is 5.51. The fourth-order valence-corrected chi connectivity index (χ4v) is 1.68. The predicted octanol–water partition coefficient (Wildman–Crippen LogP) is 0.0869. The van der Waals surface area contributed by atoms with Crippen molar-refractivity contribution in [2.45, 2.75) is 0 Å². The van der Waals surface area contributed by atoms with Crippen molar-refractivity contribution >= 4 is 27.6 Å². The number of methoxy groups -OCH3 is 1. The van der Waals surface area contributed by atoms with Crippen LogP contribution in [0.15, 0.2) is 21.8 Å². The number of nitrogens with two attached hydrogens (primary N) is 1. The molecule has 2 heterocycles. The molecule has 2 aromatic rings. The molecule has 0 bridgehead atoms. The number of H-pyrrole nitrogens is 1. The van der Waals surface area contributed by atoms with Crippen LogP contribution < -0.4 is 11.3 Å². The maximum atomic E-state index is 11.4. The zero-order valence-electron chi connectivity index (χ0n) is 9.18. The number of hydrogen-bond acceptors (Lipinski definition) is 6. The van der Waals surface area contributed by atoms with Crippen LogP contribution in [-0.4, -0.2) is 32.8 Å². The monoisotopic (exact) mass is 313 g/mol. The number of ether oxygens (including phenoxy) is 1. The Labute approximate surface area is 109 Å². The molecule has 0 aliphatic heterocycles. The Bertz CT molecular complexity index is 662. The van der Waals surface area contributed by atoms with E-state index < -0.39 is 5.97 Å². The lowest BCUT2D eigenvalue weighted by Gasteiger charge is -2.00. The molecule has 18 heavy (non-hydrogen) atoms. The minimum Gasteiger partial charge on any atom is -0.464 e. The molecular formula is C9H8BrN5O3. The normalized spacial score (nSPS) is 10.3. The lowest BCUT2D eigenvalue weighted by molar-refractivity contribution is 0.0594. The predicted molar refractivity (Wildman–Crippen MR) is 65.4 cm³/mol. The van der Waals surface area contributed by atoms with E-state index in [2.05, 4.69) is 35.7 Å². The fourth-order valence-electron chi connectivity index (χ4n) is 1.28. The van der Waals surface area contributed by atoms with Gasteiger partial charge in [0.25, 0.3) is 5.56 Å². The van der Waals surface area contributed by atoms with Crippen LogP contribution in [0.5, 0.6) is 0 Å². The van der Waals surface area contributed by atoms with Crippen LogP contribution in [0.1, 0.15) is 10.5 Å². The number of anilines is 1. The van der Waals surface area contributed by atoms with E-state index in [0.717, 1.165) is 0 Å². The van der Waals surface area contributed by atoms with Gasteiger partial charge >= 0.3 is 5.97 Å². The number of carbonyl (C=O) groups excluding carboxylic acids is 1. The van der Waals surface area contributed by atoms with Crippen LogP contribution in [0.25, 0.3) is 5.82 Å². The summed E-state index contributed by atoms with van der Waals surface area (Å²) < 4.78 is 5.93. The minimum absolute atomic E-state index is 0.0357. The van der Waals surface area contributed by atoms with E-state index in [1.165, 1.54) is 24.3 Å². The first-order chi connectivity index (χ1) is 8.54. The van der Waals surface area contributed by atoms with Crippen LogP contribution in [0.4, 0.5) is 5.69 Å². The molecule has 0 radical (unpaired) electrons. The summed E-state index contributed by atoms with van der Waals surface area (Å²) >= 11 is 3.08. The third-order valence-electron chi connectivity index (χ3n) is 2.12. The first-order valence-electron chi connectivity index (χ1n) is 4.71. The van der Waals surface area contributed by atoms with Gasteiger partial charge in [0.2, 0.25) is 0 Å². The summed E-state index contributed by atoms with van der Waals surface area (Å²) in [4.78, 5) is 29.1. The van der Waals surface area contributed by atoms with Gasteiger partial charge in [-0.05, 0) is 15.9 Å². The Balaban J connectivity index is 2.56. The molecule has 0 saturated carbocycles. The van der Waals surface area contributed by atoms with Crippen LogP contribution in [0.2, 0.25) is 0 Å². The van der Waals surface area contributed by atoms with Crippen molar-refractivity contribution in [3.63, 3.8) is 0 Å².